The molecule has 3 N–H and O–H groups in total. The molecule has 1 heterocycles. The van der Waals surface area contributed by atoms with E-state index in [1.54, 1.807) is 24.3 Å². The molecule has 0 aliphatic rings. The van der Waals surface area contributed by atoms with Crippen LogP contribution in [0.2, 0.25) is 5.02 Å². The molecule has 0 radical (unpaired) electrons. The Morgan fingerprint density at radius 1 is 1.14 bits per heavy atom. The van der Waals surface area contributed by atoms with Gasteiger partial charge in [-0.05, 0) is 48.5 Å². The average Bonchev–Trinajstić information content (AvgIpc) is 3.15. The maximum Gasteiger partial charge on any atom is 0.573 e. The van der Waals surface area contributed by atoms with Gasteiger partial charge in [0.05, 0.1) is 0 Å². The van der Waals surface area contributed by atoms with Crippen LogP contribution in [0.25, 0.3) is 11.5 Å². The highest BCUT2D eigenvalue weighted by atomic mass is 35.5. The summed E-state index contributed by atoms with van der Waals surface area (Å²) in [7, 11) is 0. The largest absolute Gasteiger partial charge is 0.573 e. The van der Waals surface area contributed by atoms with E-state index < -0.39 is 18.3 Å². The van der Waals surface area contributed by atoms with Crippen molar-refractivity contribution in [2.24, 2.45) is 5.73 Å². The molecule has 0 saturated heterocycles. The maximum absolute atomic E-state index is 12.3. The van der Waals surface area contributed by atoms with Gasteiger partial charge in [0.1, 0.15) is 11.8 Å². The molecule has 11 heteroatoms. The second-order valence-corrected chi connectivity index (χ2v) is 6.22. The zero-order valence-electron chi connectivity index (χ0n) is 14.6. The standard InChI is InChI=1S/C18H14ClF3N4O3/c19-12-5-1-10(2-6-12)15(27)24-14(9-23)17-26-25-16(28-17)11-3-7-13(8-4-11)29-18(20,21)22/h1-8,14H,9,23H2,(H,24,27). The number of halogens is 4. The summed E-state index contributed by atoms with van der Waals surface area (Å²) in [5, 5.41) is 10.9. The number of hydrogen-bond donors (Lipinski definition) is 2. The van der Waals surface area contributed by atoms with Crippen LogP contribution in [0.15, 0.2) is 52.9 Å². The van der Waals surface area contributed by atoms with Crippen molar-refractivity contribution in [2.75, 3.05) is 6.54 Å². The van der Waals surface area contributed by atoms with Gasteiger partial charge in [0, 0.05) is 22.7 Å². The Balaban J connectivity index is 1.71. The van der Waals surface area contributed by atoms with E-state index in [1.807, 2.05) is 0 Å². The fourth-order valence-electron chi connectivity index (χ4n) is 2.36. The SMILES string of the molecule is NCC(NC(=O)c1ccc(Cl)cc1)c1nnc(-c2ccc(OC(F)(F)F)cc2)o1. The van der Waals surface area contributed by atoms with Crippen LogP contribution in [0.5, 0.6) is 5.75 Å². The number of alkyl halides is 3. The van der Waals surface area contributed by atoms with Gasteiger partial charge in [-0.15, -0.1) is 23.4 Å². The highest BCUT2D eigenvalue weighted by molar-refractivity contribution is 6.30. The molecule has 3 aromatic rings. The summed E-state index contributed by atoms with van der Waals surface area (Å²) in [6.07, 6.45) is -4.78. The molecule has 152 valence electrons. The molecule has 1 unspecified atom stereocenters. The lowest BCUT2D eigenvalue weighted by Gasteiger charge is -2.13. The Labute approximate surface area is 167 Å². The van der Waals surface area contributed by atoms with Gasteiger partial charge in [0.25, 0.3) is 5.91 Å². The Hall–Kier alpha value is -3.11. The predicted molar refractivity (Wildman–Crippen MR) is 97.1 cm³/mol. The molecule has 0 saturated carbocycles. The highest BCUT2D eigenvalue weighted by Gasteiger charge is 2.31. The topological polar surface area (TPSA) is 103 Å². The van der Waals surface area contributed by atoms with Gasteiger partial charge in [0.2, 0.25) is 11.8 Å². The molecule has 0 aliphatic carbocycles. The summed E-state index contributed by atoms with van der Waals surface area (Å²) >= 11 is 5.80. The third-order valence-electron chi connectivity index (χ3n) is 3.72. The van der Waals surface area contributed by atoms with Gasteiger partial charge >= 0.3 is 6.36 Å². The Morgan fingerprint density at radius 3 is 2.38 bits per heavy atom. The molecule has 1 aromatic heterocycles. The molecule has 1 atom stereocenters. The molecule has 7 nitrogen and oxygen atoms in total. The number of benzene rings is 2. The lowest BCUT2D eigenvalue weighted by Crippen LogP contribution is -2.33. The summed E-state index contributed by atoms with van der Waals surface area (Å²) in [6, 6.07) is 10.4. The van der Waals surface area contributed by atoms with Crippen molar-refractivity contribution in [3.63, 3.8) is 0 Å². The minimum atomic E-state index is -4.78. The van der Waals surface area contributed by atoms with E-state index in [2.05, 4.69) is 20.3 Å². The number of amides is 1. The normalized spacial score (nSPS) is 12.4. The second kappa shape index (κ2) is 8.50. The first-order chi connectivity index (χ1) is 13.7. The Morgan fingerprint density at radius 2 is 1.79 bits per heavy atom. The summed E-state index contributed by atoms with van der Waals surface area (Å²) < 4.78 is 46.0. The lowest BCUT2D eigenvalue weighted by atomic mass is 10.2. The summed E-state index contributed by atoms with van der Waals surface area (Å²) in [5.41, 5.74) is 6.44. The molecule has 0 bridgehead atoms. The number of carbonyl (C=O) groups is 1. The van der Waals surface area contributed by atoms with Crippen LogP contribution in [-0.4, -0.2) is 29.0 Å². The average molecular weight is 427 g/mol. The fourth-order valence-corrected chi connectivity index (χ4v) is 2.48. The number of hydrogen-bond acceptors (Lipinski definition) is 6. The van der Waals surface area contributed by atoms with Gasteiger partial charge < -0.3 is 20.2 Å². The Bertz CT molecular complexity index is 975. The summed E-state index contributed by atoms with van der Waals surface area (Å²) in [5.74, 6) is -0.681. The fraction of sp³-hybridized carbons (Fsp3) is 0.167. The van der Waals surface area contributed by atoms with Crippen LogP contribution in [0.4, 0.5) is 13.2 Å². The van der Waals surface area contributed by atoms with Crippen LogP contribution in [-0.2, 0) is 0 Å². The molecule has 3 rings (SSSR count). The summed E-state index contributed by atoms with van der Waals surface area (Å²) in [4.78, 5) is 12.3. The lowest BCUT2D eigenvalue weighted by molar-refractivity contribution is -0.274. The predicted octanol–water partition coefficient (Wildman–Crippen LogP) is 3.72. The first kappa shape index (κ1) is 20.6. The van der Waals surface area contributed by atoms with E-state index in [4.69, 9.17) is 21.8 Å². The maximum atomic E-state index is 12.3. The van der Waals surface area contributed by atoms with E-state index >= 15 is 0 Å². The van der Waals surface area contributed by atoms with Crippen LogP contribution in [0, 0.1) is 0 Å². The molecule has 0 spiro atoms. The zero-order chi connectivity index (χ0) is 21.0. The van der Waals surface area contributed by atoms with E-state index in [0.29, 0.717) is 16.1 Å². The van der Waals surface area contributed by atoms with Gasteiger partial charge in [-0.3, -0.25) is 4.79 Å². The molecule has 0 aliphatic heterocycles. The van der Waals surface area contributed by atoms with Gasteiger partial charge in [-0.1, -0.05) is 11.6 Å². The molecule has 2 aromatic carbocycles. The molecule has 29 heavy (non-hydrogen) atoms. The van der Waals surface area contributed by atoms with Crippen molar-refractivity contribution >= 4 is 17.5 Å². The number of nitrogens with one attached hydrogen (secondary N) is 1. The van der Waals surface area contributed by atoms with Crippen LogP contribution < -0.4 is 15.8 Å². The van der Waals surface area contributed by atoms with E-state index in [1.165, 1.54) is 12.1 Å². The van der Waals surface area contributed by atoms with Crippen molar-refractivity contribution in [2.45, 2.75) is 12.4 Å². The number of ether oxygens (including phenoxy) is 1. The molecular weight excluding hydrogens is 413 g/mol. The highest BCUT2D eigenvalue weighted by Crippen LogP contribution is 2.26. The molecule has 1 amide bonds. The number of nitrogens with two attached hydrogens (primary N) is 1. The third kappa shape index (κ3) is 5.46. The van der Waals surface area contributed by atoms with Gasteiger partial charge in [0.15, 0.2) is 0 Å². The number of aromatic nitrogens is 2. The smallest absolute Gasteiger partial charge is 0.418 e. The minimum absolute atomic E-state index is 0.0146. The molecule has 0 fully saturated rings. The monoisotopic (exact) mass is 426 g/mol. The summed E-state index contributed by atoms with van der Waals surface area (Å²) in [6.45, 7) is -0.0146. The van der Waals surface area contributed by atoms with Gasteiger partial charge in [-0.25, -0.2) is 0 Å². The minimum Gasteiger partial charge on any atom is -0.418 e. The van der Waals surface area contributed by atoms with Crippen LogP contribution in [0.3, 0.4) is 0 Å². The quantitative estimate of drug-likeness (QED) is 0.622. The molecular formula is C18H14ClF3N4O3. The van der Waals surface area contributed by atoms with Crippen molar-refractivity contribution in [3.05, 3.63) is 65.0 Å². The second-order valence-electron chi connectivity index (χ2n) is 5.79. The first-order valence-electron chi connectivity index (χ1n) is 8.21. The number of rotatable bonds is 6. The number of nitrogens with zero attached hydrogens (tertiary/aromatic N) is 2. The van der Waals surface area contributed by atoms with Crippen LogP contribution >= 0.6 is 11.6 Å². The van der Waals surface area contributed by atoms with Crippen LogP contribution in [0.1, 0.15) is 22.3 Å². The Kier molecular flexibility index (Phi) is 6.04. The van der Waals surface area contributed by atoms with Crippen molar-refractivity contribution in [1.29, 1.82) is 0 Å². The van der Waals surface area contributed by atoms with Crippen molar-refractivity contribution in [3.8, 4) is 17.2 Å². The van der Waals surface area contributed by atoms with Crippen molar-refractivity contribution < 1.29 is 27.1 Å². The van der Waals surface area contributed by atoms with E-state index in [-0.39, 0.29) is 24.1 Å². The third-order valence-corrected chi connectivity index (χ3v) is 3.97. The number of carbonyl (C=O) groups excluding carboxylic acids is 1. The first-order valence-corrected chi connectivity index (χ1v) is 8.59. The van der Waals surface area contributed by atoms with Gasteiger partial charge in [-0.2, -0.15) is 0 Å². The van der Waals surface area contributed by atoms with E-state index in [9.17, 15) is 18.0 Å². The van der Waals surface area contributed by atoms with Crippen molar-refractivity contribution in [1.82, 2.24) is 15.5 Å². The van der Waals surface area contributed by atoms with E-state index in [0.717, 1.165) is 12.1 Å². The zero-order valence-corrected chi connectivity index (χ0v) is 15.4.